The summed E-state index contributed by atoms with van der Waals surface area (Å²) in [7, 11) is 1.27. The second-order valence-electron chi connectivity index (χ2n) is 4.28. The van der Waals surface area contributed by atoms with E-state index in [1.807, 2.05) is 12.1 Å². The van der Waals surface area contributed by atoms with Gasteiger partial charge in [0.1, 0.15) is 5.82 Å². The lowest BCUT2D eigenvalue weighted by atomic mass is 10.1. The Morgan fingerprint density at radius 1 is 1.19 bits per heavy atom. The Hall–Kier alpha value is -1.40. The van der Waals surface area contributed by atoms with E-state index in [1.54, 1.807) is 24.3 Å². The number of methoxy groups -OCH3 is 1. The van der Waals surface area contributed by atoms with Crippen LogP contribution in [0.1, 0.15) is 11.6 Å². The molecule has 0 aliphatic carbocycles. The van der Waals surface area contributed by atoms with Crippen LogP contribution in [0.3, 0.4) is 0 Å². The Labute approximate surface area is 138 Å². The lowest BCUT2D eigenvalue weighted by molar-refractivity contribution is -0.141. The average molecular weight is 417 g/mol. The monoisotopic (exact) mass is 415 g/mol. The van der Waals surface area contributed by atoms with Gasteiger partial charge in [0.25, 0.3) is 0 Å². The molecule has 2 aromatic carbocycles. The SMILES string of the molecule is COC(=O)C(Nc1cccc(Br)c1)c1ccc(Br)cc1F. The van der Waals surface area contributed by atoms with E-state index in [1.165, 1.54) is 13.2 Å². The molecule has 2 aromatic rings. The first-order valence-corrected chi connectivity index (χ1v) is 7.64. The Morgan fingerprint density at radius 2 is 1.90 bits per heavy atom. The third kappa shape index (κ3) is 4.04. The van der Waals surface area contributed by atoms with Gasteiger partial charge in [-0.3, -0.25) is 0 Å². The molecule has 0 fully saturated rings. The summed E-state index contributed by atoms with van der Waals surface area (Å²) in [5.41, 5.74) is 0.909. The molecular weight excluding hydrogens is 405 g/mol. The summed E-state index contributed by atoms with van der Waals surface area (Å²) in [5, 5.41) is 2.99. The number of nitrogens with one attached hydrogen (secondary N) is 1. The molecule has 0 saturated carbocycles. The number of rotatable bonds is 4. The van der Waals surface area contributed by atoms with E-state index in [0.717, 1.165) is 4.47 Å². The van der Waals surface area contributed by atoms with Crippen LogP contribution < -0.4 is 5.32 Å². The summed E-state index contributed by atoms with van der Waals surface area (Å²) in [6, 6.07) is 10.9. The van der Waals surface area contributed by atoms with E-state index < -0.39 is 17.8 Å². The van der Waals surface area contributed by atoms with Gasteiger partial charge in [0.2, 0.25) is 0 Å². The molecule has 110 valence electrons. The van der Waals surface area contributed by atoms with E-state index in [0.29, 0.717) is 10.2 Å². The Bertz CT molecular complexity index is 664. The van der Waals surface area contributed by atoms with Gasteiger partial charge in [0, 0.05) is 20.2 Å². The molecule has 0 aromatic heterocycles. The Morgan fingerprint density at radius 3 is 2.52 bits per heavy atom. The quantitative estimate of drug-likeness (QED) is 0.735. The molecule has 0 radical (unpaired) electrons. The molecule has 1 unspecified atom stereocenters. The minimum absolute atomic E-state index is 0.227. The topological polar surface area (TPSA) is 38.3 Å². The van der Waals surface area contributed by atoms with Crippen LogP contribution in [0.4, 0.5) is 10.1 Å². The number of carbonyl (C=O) groups is 1. The van der Waals surface area contributed by atoms with Crippen molar-refractivity contribution >= 4 is 43.5 Å². The molecule has 0 saturated heterocycles. The van der Waals surface area contributed by atoms with E-state index in [9.17, 15) is 9.18 Å². The van der Waals surface area contributed by atoms with Crippen molar-refractivity contribution in [2.24, 2.45) is 0 Å². The van der Waals surface area contributed by atoms with Crippen LogP contribution in [-0.4, -0.2) is 13.1 Å². The van der Waals surface area contributed by atoms with Crippen LogP contribution >= 0.6 is 31.9 Å². The molecule has 6 heteroatoms. The fourth-order valence-electron chi connectivity index (χ4n) is 1.86. The van der Waals surface area contributed by atoms with Gasteiger partial charge in [-0.05, 0) is 30.3 Å². The molecule has 1 N–H and O–H groups in total. The predicted octanol–water partition coefficient (Wildman–Crippen LogP) is 4.68. The molecule has 2 rings (SSSR count). The third-order valence-electron chi connectivity index (χ3n) is 2.85. The Balaban J connectivity index is 2.37. The van der Waals surface area contributed by atoms with E-state index >= 15 is 0 Å². The molecule has 0 amide bonds. The van der Waals surface area contributed by atoms with Crippen molar-refractivity contribution in [1.29, 1.82) is 0 Å². The van der Waals surface area contributed by atoms with Crippen LogP contribution in [0.2, 0.25) is 0 Å². The van der Waals surface area contributed by atoms with Crippen molar-refractivity contribution in [2.45, 2.75) is 6.04 Å². The summed E-state index contributed by atoms with van der Waals surface area (Å²) in [6.45, 7) is 0. The van der Waals surface area contributed by atoms with Crippen LogP contribution in [0.25, 0.3) is 0 Å². The summed E-state index contributed by atoms with van der Waals surface area (Å²) in [4.78, 5) is 12.0. The van der Waals surface area contributed by atoms with Gasteiger partial charge in [-0.25, -0.2) is 9.18 Å². The number of carbonyl (C=O) groups excluding carboxylic acids is 1. The van der Waals surface area contributed by atoms with Gasteiger partial charge >= 0.3 is 5.97 Å². The summed E-state index contributed by atoms with van der Waals surface area (Å²) in [6.07, 6.45) is 0. The normalized spacial score (nSPS) is 11.8. The molecular formula is C15H12Br2FNO2. The highest BCUT2D eigenvalue weighted by atomic mass is 79.9. The van der Waals surface area contributed by atoms with Crippen molar-refractivity contribution in [3.63, 3.8) is 0 Å². The fraction of sp³-hybridized carbons (Fsp3) is 0.133. The zero-order chi connectivity index (χ0) is 15.4. The fourth-order valence-corrected chi connectivity index (χ4v) is 2.59. The maximum Gasteiger partial charge on any atom is 0.333 e. The van der Waals surface area contributed by atoms with Crippen molar-refractivity contribution < 1.29 is 13.9 Å². The van der Waals surface area contributed by atoms with Gasteiger partial charge < -0.3 is 10.1 Å². The van der Waals surface area contributed by atoms with Crippen molar-refractivity contribution in [1.82, 2.24) is 0 Å². The van der Waals surface area contributed by atoms with Gasteiger partial charge in [0.05, 0.1) is 7.11 Å². The first kappa shape index (κ1) is 16.0. The van der Waals surface area contributed by atoms with Crippen molar-refractivity contribution in [3.8, 4) is 0 Å². The molecule has 0 spiro atoms. The highest BCUT2D eigenvalue weighted by Gasteiger charge is 2.24. The maximum absolute atomic E-state index is 14.1. The van der Waals surface area contributed by atoms with Crippen LogP contribution in [0.5, 0.6) is 0 Å². The molecule has 1 atom stereocenters. The summed E-state index contributed by atoms with van der Waals surface area (Å²) in [5.74, 6) is -1.04. The largest absolute Gasteiger partial charge is 0.467 e. The molecule has 0 aliphatic heterocycles. The van der Waals surface area contributed by atoms with Gasteiger partial charge in [-0.2, -0.15) is 0 Å². The lowest BCUT2D eigenvalue weighted by Gasteiger charge is -2.19. The molecule has 0 aliphatic rings. The number of halogens is 3. The number of hydrogen-bond donors (Lipinski definition) is 1. The van der Waals surface area contributed by atoms with E-state index in [4.69, 9.17) is 4.74 Å². The molecule has 0 bridgehead atoms. The lowest BCUT2D eigenvalue weighted by Crippen LogP contribution is -2.23. The van der Waals surface area contributed by atoms with Crippen molar-refractivity contribution in [2.75, 3.05) is 12.4 Å². The molecule has 3 nitrogen and oxygen atoms in total. The number of ether oxygens (including phenoxy) is 1. The highest BCUT2D eigenvalue weighted by Crippen LogP contribution is 2.26. The second kappa shape index (κ2) is 7.04. The average Bonchev–Trinajstić information content (AvgIpc) is 2.45. The first-order chi connectivity index (χ1) is 10.0. The molecule has 21 heavy (non-hydrogen) atoms. The number of hydrogen-bond acceptors (Lipinski definition) is 3. The first-order valence-electron chi connectivity index (χ1n) is 6.06. The van der Waals surface area contributed by atoms with E-state index in [2.05, 4.69) is 37.2 Å². The summed E-state index contributed by atoms with van der Waals surface area (Å²) < 4.78 is 20.3. The van der Waals surface area contributed by atoms with E-state index in [-0.39, 0.29) is 5.56 Å². The summed E-state index contributed by atoms with van der Waals surface area (Å²) >= 11 is 6.54. The number of esters is 1. The van der Waals surface area contributed by atoms with Crippen molar-refractivity contribution in [3.05, 3.63) is 62.8 Å². The second-order valence-corrected chi connectivity index (χ2v) is 6.11. The smallest absolute Gasteiger partial charge is 0.333 e. The third-order valence-corrected chi connectivity index (χ3v) is 3.83. The zero-order valence-corrected chi connectivity index (χ0v) is 14.2. The minimum Gasteiger partial charge on any atom is -0.467 e. The predicted molar refractivity (Wildman–Crippen MR) is 86.6 cm³/mol. The van der Waals surface area contributed by atoms with Crippen LogP contribution in [0.15, 0.2) is 51.4 Å². The minimum atomic E-state index is -0.919. The molecule has 0 heterocycles. The number of anilines is 1. The van der Waals surface area contributed by atoms with Gasteiger partial charge in [-0.15, -0.1) is 0 Å². The van der Waals surface area contributed by atoms with Crippen LogP contribution in [-0.2, 0) is 9.53 Å². The van der Waals surface area contributed by atoms with Gasteiger partial charge in [0.15, 0.2) is 6.04 Å². The zero-order valence-electron chi connectivity index (χ0n) is 11.1. The maximum atomic E-state index is 14.1. The van der Waals surface area contributed by atoms with Gasteiger partial charge in [-0.1, -0.05) is 44.0 Å². The standard InChI is InChI=1S/C15H12Br2FNO2/c1-21-15(20)14(12-6-5-10(17)8-13(12)18)19-11-4-2-3-9(16)7-11/h2-8,14,19H,1H3. The Kier molecular flexibility index (Phi) is 5.36. The van der Waals surface area contributed by atoms with Crippen LogP contribution in [0, 0.1) is 5.82 Å². The highest BCUT2D eigenvalue weighted by molar-refractivity contribution is 9.10. The number of benzene rings is 2.